The number of methoxy groups -OCH3 is 3. The van der Waals surface area contributed by atoms with E-state index in [2.05, 4.69) is 0 Å². The number of hydrogen-bond acceptors (Lipinski definition) is 4. The van der Waals surface area contributed by atoms with Crippen LogP contribution in [0.25, 0.3) is 0 Å². The zero-order valence-electron chi connectivity index (χ0n) is 12.6. The van der Waals surface area contributed by atoms with Gasteiger partial charge in [0.2, 0.25) is 0 Å². The van der Waals surface area contributed by atoms with Gasteiger partial charge < -0.3 is 19.9 Å². The molecule has 2 N–H and O–H groups in total. The van der Waals surface area contributed by atoms with Gasteiger partial charge in [-0.15, -0.1) is 0 Å². The molecule has 4 heteroatoms. The smallest absolute Gasteiger partial charge is 0.122 e. The Balaban J connectivity index is 2.44. The van der Waals surface area contributed by atoms with Crippen LogP contribution in [0.15, 0.2) is 42.5 Å². The average Bonchev–Trinajstić information content (AvgIpc) is 2.55. The van der Waals surface area contributed by atoms with E-state index in [0.29, 0.717) is 6.54 Å². The predicted molar refractivity (Wildman–Crippen MR) is 83.4 cm³/mol. The van der Waals surface area contributed by atoms with Crippen LogP contribution >= 0.6 is 0 Å². The van der Waals surface area contributed by atoms with Gasteiger partial charge in [-0.3, -0.25) is 0 Å². The third kappa shape index (κ3) is 3.47. The lowest BCUT2D eigenvalue weighted by Crippen LogP contribution is -2.14. The van der Waals surface area contributed by atoms with Gasteiger partial charge in [0.15, 0.2) is 0 Å². The molecule has 0 spiro atoms. The van der Waals surface area contributed by atoms with Crippen molar-refractivity contribution in [3.63, 3.8) is 0 Å². The van der Waals surface area contributed by atoms with Crippen LogP contribution in [0.1, 0.15) is 17.0 Å². The van der Waals surface area contributed by atoms with E-state index < -0.39 is 0 Å². The van der Waals surface area contributed by atoms with Gasteiger partial charge in [-0.1, -0.05) is 12.1 Å². The van der Waals surface area contributed by atoms with E-state index in [1.54, 1.807) is 21.3 Å². The summed E-state index contributed by atoms with van der Waals surface area (Å²) in [4.78, 5) is 0. The molecule has 2 rings (SSSR count). The van der Waals surface area contributed by atoms with Gasteiger partial charge in [-0.2, -0.15) is 0 Å². The highest BCUT2D eigenvalue weighted by Gasteiger charge is 2.15. The summed E-state index contributed by atoms with van der Waals surface area (Å²) in [6.45, 7) is 0.490. The molecule has 112 valence electrons. The van der Waals surface area contributed by atoms with Gasteiger partial charge in [-0.05, 0) is 35.4 Å². The highest BCUT2D eigenvalue weighted by atomic mass is 16.5. The number of hydrogen-bond donors (Lipinski definition) is 1. The maximum atomic E-state index is 5.99. The van der Waals surface area contributed by atoms with Crippen molar-refractivity contribution >= 4 is 0 Å². The minimum Gasteiger partial charge on any atom is -0.497 e. The molecular formula is C17H21NO3. The van der Waals surface area contributed by atoms with Crippen molar-refractivity contribution < 1.29 is 14.2 Å². The van der Waals surface area contributed by atoms with E-state index in [0.717, 1.165) is 28.4 Å². The number of rotatable bonds is 6. The van der Waals surface area contributed by atoms with Crippen LogP contribution in [0.5, 0.6) is 17.2 Å². The summed E-state index contributed by atoms with van der Waals surface area (Å²) in [5.41, 5.74) is 8.15. The van der Waals surface area contributed by atoms with Crippen LogP contribution in [-0.4, -0.2) is 27.9 Å². The topological polar surface area (TPSA) is 53.7 Å². The minimum absolute atomic E-state index is 0.0594. The summed E-state index contributed by atoms with van der Waals surface area (Å²) < 4.78 is 15.9. The summed E-state index contributed by atoms with van der Waals surface area (Å²) >= 11 is 0. The molecule has 0 fully saturated rings. The van der Waals surface area contributed by atoms with Crippen LogP contribution in [0.4, 0.5) is 0 Å². The third-order valence-electron chi connectivity index (χ3n) is 3.51. The quantitative estimate of drug-likeness (QED) is 0.887. The fourth-order valence-electron chi connectivity index (χ4n) is 2.35. The Bertz CT molecular complexity index is 576. The van der Waals surface area contributed by atoms with Crippen molar-refractivity contribution in [2.24, 2.45) is 5.73 Å². The number of ether oxygens (including phenoxy) is 3. The van der Waals surface area contributed by atoms with Crippen LogP contribution in [0.2, 0.25) is 0 Å². The molecule has 0 saturated carbocycles. The fourth-order valence-corrected chi connectivity index (χ4v) is 2.35. The standard InChI is InChI=1S/C17H21NO3/c1-19-14-6-4-5-12(7-14)17(11-18)13-8-15(20-2)10-16(9-13)21-3/h4-10,17H,11,18H2,1-3H3. The third-order valence-corrected chi connectivity index (χ3v) is 3.51. The maximum Gasteiger partial charge on any atom is 0.122 e. The summed E-state index contributed by atoms with van der Waals surface area (Å²) in [7, 11) is 4.94. The van der Waals surface area contributed by atoms with Crippen molar-refractivity contribution in [2.75, 3.05) is 27.9 Å². The molecule has 2 aromatic carbocycles. The lowest BCUT2D eigenvalue weighted by Gasteiger charge is -2.18. The lowest BCUT2D eigenvalue weighted by atomic mass is 9.91. The molecule has 0 aromatic heterocycles. The Hall–Kier alpha value is -2.20. The Labute approximate surface area is 125 Å². The van der Waals surface area contributed by atoms with Gasteiger partial charge in [0.25, 0.3) is 0 Å². The van der Waals surface area contributed by atoms with Crippen molar-refractivity contribution in [3.8, 4) is 17.2 Å². The van der Waals surface area contributed by atoms with E-state index in [9.17, 15) is 0 Å². The van der Waals surface area contributed by atoms with E-state index in [4.69, 9.17) is 19.9 Å². The zero-order valence-corrected chi connectivity index (χ0v) is 12.6. The molecule has 1 atom stereocenters. The Morgan fingerprint density at radius 1 is 0.810 bits per heavy atom. The molecule has 0 aliphatic heterocycles. The zero-order chi connectivity index (χ0) is 15.2. The maximum absolute atomic E-state index is 5.99. The first-order chi connectivity index (χ1) is 10.2. The molecule has 0 amide bonds. The minimum atomic E-state index is 0.0594. The Kier molecular flexibility index (Phi) is 5.06. The summed E-state index contributed by atoms with van der Waals surface area (Å²) in [5.74, 6) is 2.39. The molecular weight excluding hydrogens is 266 g/mol. The summed E-state index contributed by atoms with van der Waals surface area (Å²) in [6, 6.07) is 13.8. The first-order valence-electron chi connectivity index (χ1n) is 6.78. The number of nitrogens with two attached hydrogens (primary N) is 1. The SMILES string of the molecule is COc1cccc(C(CN)c2cc(OC)cc(OC)c2)c1. The van der Waals surface area contributed by atoms with Crippen LogP contribution in [-0.2, 0) is 0 Å². The Morgan fingerprint density at radius 2 is 1.38 bits per heavy atom. The fraction of sp³-hybridized carbons (Fsp3) is 0.294. The monoisotopic (exact) mass is 287 g/mol. The normalized spacial score (nSPS) is 11.8. The number of benzene rings is 2. The van der Waals surface area contributed by atoms with Gasteiger partial charge in [0.1, 0.15) is 17.2 Å². The second kappa shape index (κ2) is 6.99. The van der Waals surface area contributed by atoms with Crippen molar-refractivity contribution in [1.29, 1.82) is 0 Å². The molecule has 0 aliphatic rings. The molecule has 2 aromatic rings. The van der Waals surface area contributed by atoms with E-state index in [-0.39, 0.29) is 5.92 Å². The van der Waals surface area contributed by atoms with Gasteiger partial charge in [0.05, 0.1) is 21.3 Å². The first kappa shape index (κ1) is 15.2. The van der Waals surface area contributed by atoms with Crippen molar-refractivity contribution in [2.45, 2.75) is 5.92 Å². The molecule has 0 aliphatic carbocycles. The summed E-state index contributed by atoms with van der Waals surface area (Å²) in [5, 5.41) is 0. The second-order valence-electron chi connectivity index (χ2n) is 4.71. The molecule has 1 unspecified atom stereocenters. The molecule has 0 bridgehead atoms. The van der Waals surface area contributed by atoms with E-state index in [1.807, 2.05) is 42.5 Å². The average molecular weight is 287 g/mol. The summed E-state index contributed by atoms with van der Waals surface area (Å²) in [6.07, 6.45) is 0. The highest BCUT2D eigenvalue weighted by Crippen LogP contribution is 2.32. The van der Waals surface area contributed by atoms with Gasteiger partial charge >= 0.3 is 0 Å². The molecule has 0 saturated heterocycles. The molecule has 21 heavy (non-hydrogen) atoms. The van der Waals surface area contributed by atoms with Crippen molar-refractivity contribution in [3.05, 3.63) is 53.6 Å². The molecule has 4 nitrogen and oxygen atoms in total. The van der Waals surface area contributed by atoms with Crippen LogP contribution < -0.4 is 19.9 Å². The molecule has 0 radical (unpaired) electrons. The predicted octanol–water partition coefficient (Wildman–Crippen LogP) is 2.80. The first-order valence-corrected chi connectivity index (χ1v) is 6.78. The van der Waals surface area contributed by atoms with Crippen molar-refractivity contribution in [1.82, 2.24) is 0 Å². The second-order valence-corrected chi connectivity index (χ2v) is 4.71. The van der Waals surface area contributed by atoms with Crippen LogP contribution in [0.3, 0.4) is 0 Å². The van der Waals surface area contributed by atoms with E-state index >= 15 is 0 Å². The Morgan fingerprint density at radius 3 is 1.90 bits per heavy atom. The largest absolute Gasteiger partial charge is 0.497 e. The highest BCUT2D eigenvalue weighted by molar-refractivity contribution is 5.44. The molecule has 0 heterocycles. The lowest BCUT2D eigenvalue weighted by molar-refractivity contribution is 0.393. The van der Waals surface area contributed by atoms with Gasteiger partial charge in [-0.25, -0.2) is 0 Å². The van der Waals surface area contributed by atoms with E-state index in [1.165, 1.54) is 0 Å². The van der Waals surface area contributed by atoms with Gasteiger partial charge in [0, 0.05) is 18.5 Å². The van der Waals surface area contributed by atoms with Crippen LogP contribution in [0, 0.1) is 0 Å².